The van der Waals surface area contributed by atoms with Crippen LogP contribution in [0.25, 0.3) is 11.0 Å². The van der Waals surface area contributed by atoms with Gasteiger partial charge in [-0.2, -0.15) is 5.10 Å². The number of fused-ring (bicyclic) bond motifs is 1. The number of amides is 1. The molecule has 0 aliphatic carbocycles. The molecule has 1 aliphatic heterocycles. The van der Waals surface area contributed by atoms with Crippen LogP contribution < -0.4 is 14.8 Å². The Labute approximate surface area is 193 Å². The van der Waals surface area contributed by atoms with Gasteiger partial charge in [-0.15, -0.1) is 0 Å². The van der Waals surface area contributed by atoms with Crippen molar-refractivity contribution in [2.24, 2.45) is 7.05 Å². The number of benzene rings is 1. The predicted molar refractivity (Wildman–Crippen MR) is 125 cm³/mol. The number of morpholine rings is 1. The van der Waals surface area contributed by atoms with Crippen molar-refractivity contribution in [3.8, 4) is 11.5 Å². The minimum atomic E-state index is -0.139. The first kappa shape index (κ1) is 23.0. The zero-order chi connectivity index (χ0) is 23.5. The monoisotopic (exact) mass is 453 g/mol. The fourth-order valence-electron chi connectivity index (χ4n) is 4.44. The Bertz CT molecular complexity index is 1150. The van der Waals surface area contributed by atoms with Gasteiger partial charge in [-0.05, 0) is 37.6 Å². The van der Waals surface area contributed by atoms with Crippen molar-refractivity contribution in [2.75, 3.05) is 47.1 Å². The van der Waals surface area contributed by atoms with Crippen LogP contribution >= 0.6 is 0 Å². The van der Waals surface area contributed by atoms with E-state index in [2.05, 4.69) is 20.3 Å². The third-order valence-corrected chi connectivity index (χ3v) is 6.08. The van der Waals surface area contributed by atoms with Crippen LogP contribution in [0, 0.1) is 13.8 Å². The van der Waals surface area contributed by atoms with E-state index in [1.54, 1.807) is 18.9 Å². The number of rotatable bonds is 7. The van der Waals surface area contributed by atoms with Crippen molar-refractivity contribution in [1.29, 1.82) is 0 Å². The number of nitrogens with zero attached hydrogens (tertiary/aromatic N) is 4. The molecule has 0 saturated carbocycles. The van der Waals surface area contributed by atoms with Crippen LogP contribution in [0.5, 0.6) is 11.5 Å². The molecular weight excluding hydrogens is 422 g/mol. The lowest BCUT2D eigenvalue weighted by atomic mass is 10.0. The van der Waals surface area contributed by atoms with Gasteiger partial charge in [0, 0.05) is 32.4 Å². The third kappa shape index (κ3) is 4.65. The molecule has 1 aliphatic rings. The van der Waals surface area contributed by atoms with Gasteiger partial charge in [0.05, 0.1) is 50.1 Å². The lowest BCUT2D eigenvalue weighted by molar-refractivity contribution is 0.0162. The molecule has 1 atom stereocenters. The van der Waals surface area contributed by atoms with Crippen LogP contribution in [0.2, 0.25) is 0 Å². The lowest BCUT2D eigenvalue weighted by Crippen LogP contribution is -2.43. The molecule has 9 heteroatoms. The summed E-state index contributed by atoms with van der Waals surface area (Å²) in [5.74, 6) is 1.20. The summed E-state index contributed by atoms with van der Waals surface area (Å²) in [4.78, 5) is 20.2. The molecule has 4 rings (SSSR count). The molecule has 176 valence electrons. The molecule has 3 heterocycles. The second kappa shape index (κ2) is 9.76. The number of hydrogen-bond donors (Lipinski definition) is 1. The summed E-state index contributed by atoms with van der Waals surface area (Å²) in [7, 11) is 5.09. The highest BCUT2D eigenvalue weighted by Gasteiger charge is 2.25. The summed E-state index contributed by atoms with van der Waals surface area (Å²) in [6, 6.07) is 7.69. The Morgan fingerprint density at radius 3 is 2.58 bits per heavy atom. The zero-order valence-corrected chi connectivity index (χ0v) is 19.8. The van der Waals surface area contributed by atoms with Gasteiger partial charge in [0.25, 0.3) is 5.91 Å². The number of pyridine rings is 1. The first-order chi connectivity index (χ1) is 15.9. The van der Waals surface area contributed by atoms with E-state index < -0.39 is 0 Å². The van der Waals surface area contributed by atoms with Gasteiger partial charge in [0.2, 0.25) is 0 Å². The average Bonchev–Trinajstić information content (AvgIpc) is 3.11. The molecule has 0 spiro atoms. The molecular formula is C24H31N5O4. The lowest BCUT2D eigenvalue weighted by Gasteiger charge is -2.35. The maximum atomic E-state index is 13.4. The SMILES string of the molecule is COc1ccc(C(CNC(=O)c2cc(C)nc3c2c(C)nn3C)N2CCOCC2)cc1OC. The number of aromatic nitrogens is 3. The number of ether oxygens (including phenoxy) is 3. The van der Waals surface area contributed by atoms with Crippen molar-refractivity contribution in [3.05, 3.63) is 46.8 Å². The first-order valence-electron chi connectivity index (χ1n) is 11.1. The Balaban J connectivity index is 1.63. The van der Waals surface area contributed by atoms with Crippen molar-refractivity contribution < 1.29 is 19.0 Å². The molecule has 2 aromatic heterocycles. The van der Waals surface area contributed by atoms with Crippen molar-refractivity contribution in [3.63, 3.8) is 0 Å². The summed E-state index contributed by atoms with van der Waals surface area (Å²) in [6.45, 7) is 7.13. The second-order valence-corrected chi connectivity index (χ2v) is 8.21. The smallest absolute Gasteiger partial charge is 0.252 e. The summed E-state index contributed by atoms with van der Waals surface area (Å²) in [6.07, 6.45) is 0. The van der Waals surface area contributed by atoms with Crippen molar-refractivity contribution in [1.82, 2.24) is 25.0 Å². The second-order valence-electron chi connectivity index (χ2n) is 8.21. The van der Waals surface area contributed by atoms with E-state index in [1.807, 2.05) is 45.2 Å². The molecule has 0 radical (unpaired) electrons. The molecule has 1 unspecified atom stereocenters. The molecule has 1 N–H and O–H groups in total. The maximum absolute atomic E-state index is 13.4. The van der Waals surface area contributed by atoms with Crippen LogP contribution in [0.1, 0.15) is 33.4 Å². The number of aryl methyl sites for hydroxylation is 3. The van der Waals surface area contributed by atoms with Gasteiger partial charge in [0.15, 0.2) is 17.1 Å². The van der Waals surface area contributed by atoms with E-state index in [0.717, 1.165) is 35.4 Å². The quantitative estimate of drug-likeness (QED) is 0.587. The summed E-state index contributed by atoms with van der Waals surface area (Å²) < 4.78 is 18.2. The van der Waals surface area contributed by atoms with Crippen LogP contribution in [-0.4, -0.2) is 72.6 Å². The topological polar surface area (TPSA) is 90.7 Å². The number of nitrogens with one attached hydrogen (secondary N) is 1. The van der Waals surface area contributed by atoms with Crippen LogP contribution in [0.15, 0.2) is 24.3 Å². The Hall–Kier alpha value is -3.17. The Morgan fingerprint density at radius 1 is 1.15 bits per heavy atom. The number of methoxy groups -OCH3 is 2. The van der Waals surface area contributed by atoms with Gasteiger partial charge >= 0.3 is 0 Å². The maximum Gasteiger partial charge on any atom is 0.252 e. The molecule has 1 fully saturated rings. The van der Waals surface area contributed by atoms with Crippen LogP contribution in [0.4, 0.5) is 0 Å². The molecule has 1 saturated heterocycles. The highest BCUT2D eigenvalue weighted by atomic mass is 16.5. The number of carbonyl (C=O) groups is 1. The van der Waals surface area contributed by atoms with E-state index in [1.165, 1.54) is 0 Å². The van der Waals surface area contributed by atoms with E-state index in [0.29, 0.717) is 42.5 Å². The summed E-state index contributed by atoms with van der Waals surface area (Å²) in [5.41, 5.74) is 3.91. The number of carbonyl (C=O) groups excluding carboxylic acids is 1. The molecule has 1 amide bonds. The number of hydrogen-bond acceptors (Lipinski definition) is 7. The largest absolute Gasteiger partial charge is 0.493 e. The van der Waals surface area contributed by atoms with Gasteiger partial charge in [-0.1, -0.05) is 6.07 Å². The normalized spacial score (nSPS) is 15.4. The van der Waals surface area contributed by atoms with Crippen molar-refractivity contribution in [2.45, 2.75) is 19.9 Å². The molecule has 1 aromatic carbocycles. The Kier molecular flexibility index (Phi) is 6.80. The average molecular weight is 454 g/mol. The van der Waals surface area contributed by atoms with E-state index in [4.69, 9.17) is 14.2 Å². The fourth-order valence-corrected chi connectivity index (χ4v) is 4.44. The van der Waals surface area contributed by atoms with Gasteiger partial charge < -0.3 is 19.5 Å². The fraction of sp³-hybridized carbons (Fsp3) is 0.458. The first-order valence-corrected chi connectivity index (χ1v) is 11.1. The Morgan fingerprint density at radius 2 is 1.88 bits per heavy atom. The molecule has 33 heavy (non-hydrogen) atoms. The molecule has 0 bridgehead atoms. The van der Waals surface area contributed by atoms with E-state index in [-0.39, 0.29) is 11.9 Å². The summed E-state index contributed by atoms with van der Waals surface area (Å²) >= 11 is 0. The van der Waals surface area contributed by atoms with E-state index in [9.17, 15) is 4.79 Å². The van der Waals surface area contributed by atoms with E-state index >= 15 is 0 Å². The predicted octanol–water partition coefficient (Wildman–Crippen LogP) is 2.41. The minimum absolute atomic E-state index is 0.0360. The summed E-state index contributed by atoms with van der Waals surface area (Å²) in [5, 5.41) is 8.40. The minimum Gasteiger partial charge on any atom is -0.493 e. The van der Waals surface area contributed by atoms with Gasteiger partial charge in [0.1, 0.15) is 0 Å². The van der Waals surface area contributed by atoms with Crippen LogP contribution in [0.3, 0.4) is 0 Å². The highest BCUT2D eigenvalue weighted by Crippen LogP contribution is 2.32. The molecule has 9 nitrogen and oxygen atoms in total. The van der Waals surface area contributed by atoms with Gasteiger partial charge in [-0.3, -0.25) is 14.4 Å². The zero-order valence-electron chi connectivity index (χ0n) is 19.8. The van der Waals surface area contributed by atoms with Gasteiger partial charge in [-0.25, -0.2) is 4.98 Å². The molecule has 3 aromatic rings. The highest BCUT2D eigenvalue weighted by molar-refractivity contribution is 6.06. The standard InChI is InChI=1S/C24H31N5O4/c1-15-12-18(22-16(2)27-28(3)23(22)26-15)24(30)25-14-19(29-8-10-33-11-9-29)17-6-7-20(31-4)21(13-17)32-5/h6-7,12-13,19H,8-11,14H2,1-5H3,(H,25,30). The van der Waals surface area contributed by atoms with Crippen LogP contribution in [-0.2, 0) is 11.8 Å². The van der Waals surface area contributed by atoms with Crippen molar-refractivity contribution >= 4 is 16.9 Å². The third-order valence-electron chi connectivity index (χ3n) is 6.08.